The number of nitrogens with zero attached hydrogens (tertiary/aromatic N) is 1. The zero-order valence-corrected chi connectivity index (χ0v) is 18.5. The first-order valence-electron chi connectivity index (χ1n) is 9.39. The second kappa shape index (κ2) is 9.59. The number of anilines is 2. The largest absolute Gasteiger partial charge is 0.452 e. The maximum absolute atomic E-state index is 12.8. The van der Waals surface area contributed by atoms with Crippen LogP contribution < -0.4 is 11.1 Å². The molecule has 30 heavy (non-hydrogen) atoms. The van der Waals surface area contributed by atoms with Gasteiger partial charge in [0.05, 0.1) is 10.5 Å². The molecule has 0 bridgehead atoms. The van der Waals surface area contributed by atoms with E-state index in [1.54, 1.807) is 24.3 Å². The molecule has 0 aromatic heterocycles. The summed E-state index contributed by atoms with van der Waals surface area (Å²) in [7, 11) is -3.61. The van der Waals surface area contributed by atoms with Gasteiger partial charge in [0, 0.05) is 28.9 Å². The van der Waals surface area contributed by atoms with Crippen molar-refractivity contribution in [3.8, 4) is 0 Å². The summed E-state index contributed by atoms with van der Waals surface area (Å²) in [6.45, 7) is 0.453. The Morgan fingerprint density at radius 2 is 1.83 bits per heavy atom. The number of piperidine rings is 1. The first-order valence-corrected chi connectivity index (χ1v) is 11.6. The number of carbonyl (C=O) groups excluding carboxylic acids is 2. The van der Waals surface area contributed by atoms with Gasteiger partial charge in [0.25, 0.3) is 5.91 Å². The second-order valence-corrected chi connectivity index (χ2v) is 9.70. The van der Waals surface area contributed by atoms with E-state index in [0.29, 0.717) is 23.2 Å². The minimum absolute atomic E-state index is 0.112. The molecule has 160 valence electrons. The molecule has 1 fully saturated rings. The fourth-order valence-electron chi connectivity index (χ4n) is 3.10. The van der Waals surface area contributed by atoms with Crippen molar-refractivity contribution in [1.82, 2.24) is 4.31 Å². The third-order valence-corrected chi connectivity index (χ3v) is 7.03. The summed E-state index contributed by atoms with van der Waals surface area (Å²) in [5.41, 5.74) is 6.44. The number of carbonyl (C=O) groups is 2. The molecular weight excluding hydrogens is 474 g/mol. The lowest BCUT2D eigenvalue weighted by Crippen LogP contribution is -2.35. The Bertz CT molecular complexity index is 1050. The third-order valence-electron chi connectivity index (χ3n) is 4.64. The fourth-order valence-corrected chi connectivity index (χ4v) is 5.02. The van der Waals surface area contributed by atoms with Gasteiger partial charge in [-0.25, -0.2) is 13.2 Å². The molecule has 1 heterocycles. The van der Waals surface area contributed by atoms with Crippen LogP contribution in [0.2, 0.25) is 0 Å². The number of nitrogens with two attached hydrogens (primary N) is 1. The van der Waals surface area contributed by atoms with E-state index in [1.165, 1.54) is 22.5 Å². The second-order valence-electron chi connectivity index (χ2n) is 6.85. The topological polar surface area (TPSA) is 119 Å². The Labute approximate surface area is 183 Å². The summed E-state index contributed by atoms with van der Waals surface area (Å²) in [5, 5.41) is 2.55. The van der Waals surface area contributed by atoms with Crippen molar-refractivity contribution in [2.75, 3.05) is 30.7 Å². The lowest BCUT2D eigenvalue weighted by molar-refractivity contribution is -0.119. The third kappa shape index (κ3) is 5.38. The van der Waals surface area contributed by atoms with E-state index in [2.05, 4.69) is 21.2 Å². The number of esters is 1. The van der Waals surface area contributed by atoms with Crippen LogP contribution in [0.1, 0.15) is 29.6 Å². The number of benzene rings is 2. The van der Waals surface area contributed by atoms with Crippen LogP contribution in [0.4, 0.5) is 11.4 Å². The average Bonchev–Trinajstić information content (AvgIpc) is 2.74. The number of hydrogen-bond donors (Lipinski definition) is 2. The molecule has 0 radical (unpaired) electrons. The fraction of sp³-hybridized carbons (Fsp3) is 0.300. The molecule has 0 atom stereocenters. The molecule has 0 aliphatic carbocycles. The van der Waals surface area contributed by atoms with Crippen molar-refractivity contribution in [2.45, 2.75) is 24.2 Å². The summed E-state index contributed by atoms with van der Waals surface area (Å²) in [6, 6.07) is 10.8. The van der Waals surface area contributed by atoms with E-state index >= 15 is 0 Å². The van der Waals surface area contributed by atoms with Crippen molar-refractivity contribution in [3.63, 3.8) is 0 Å². The number of rotatable bonds is 6. The van der Waals surface area contributed by atoms with Gasteiger partial charge >= 0.3 is 5.97 Å². The molecule has 8 nitrogen and oxygen atoms in total. The van der Waals surface area contributed by atoms with Gasteiger partial charge in [0.1, 0.15) is 0 Å². The summed E-state index contributed by atoms with van der Waals surface area (Å²) >= 11 is 3.25. The number of nitrogen functional groups attached to an aromatic ring is 1. The number of ether oxygens (including phenoxy) is 1. The summed E-state index contributed by atoms with van der Waals surface area (Å²) in [6.07, 6.45) is 2.69. The molecule has 1 amide bonds. The Morgan fingerprint density at radius 1 is 1.10 bits per heavy atom. The van der Waals surface area contributed by atoms with Crippen LogP contribution in [0.5, 0.6) is 0 Å². The average molecular weight is 496 g/mol. The molecular formula is C20H22BrN3O5S. The standard InChI is InChI=1S/C20H22BrN3O5S/c21-14-7-8-18(22)17(11-14)20(26)29-13-19(25)23-15-5-4-6-16(12-15)30(27,28)24-9-2-1-3-10-24/h4-8,11-12H,1-3,9-10,13,22H2,(H,23,25). The van der Waals surface area contributed by atoms with Gasteiger partial charge in [-0.15, -0.1) is 0 Å². The molecule has 3 rings (SSSR count). The van der Waals surface area contributed by atoms with Crippen LogP contribution in [-0.4, -0.2) is 44.3 Å². The van der Waals surface area contributed by atoms with Gasteiger partial charge < -0.3 is 15.8 Å². The smallest absolute Gasteiger partial charge is 0.340 e. The van der Waals surface area contributed by atoms with E-state index in [4.69, 9.17) is 10.5 Å². The van der Waals surface area contributed by atoms with Crippen molar-refractivity contribution >= 4 is 49.2 Å². The molecule has 1 aliphatic heterocycles. The Kier molecular flexibility index (Phi) is 7.11. The van der Waals surface area contributed by atoms with E-state index in [0.717, 1.165) is 19.3 Å². The van der Waals surface area contributed by atoms with Gasteiger partial charge in [-0.2, -0.15) is 4.31 Å². The van der Waals surface area contributed by atoms with Crippen molar-refractivity contribution in [2.24, 2.45) is 0 Å². The lowest BCUT2D eigenvalue weighted by atomic mass is 10.2. The first kappa shape index (κ1) is 22.3. The Morgan fingerprint density at radius 3 is 2.57 bits per heavy atom. The number of amides is 1. The molecule has 2 aromatic rings. The van der Waals surface area contributed by atoms with E-state index < -0.39 is 28.5 Å². The highest BCUT2D eigenvalue weighted by molar-refractivity contribution is 9.10. The monoisotopic (exact) mass is 495 g/mol. The van der Waals surface area contributed by atoms with Crippen LogP contribution >= 0.6 is 15.9 Å². The van der Waals surface area contributed by atoms with Crippen molar-refractivity contribution in [3.05, 3.63) is 52.5 Å². The molecule has 1 saturated heterocycles. The van der Waals surface area contributed by atoms with Gasteiger partial charge in [0.2, 0.25) is 10.0 Å². The van der Waals surface area contributed by atoms with Gasteiger partial charge in [-0.1, -0.05) is 28.4 Å². The quantitative estimate of drug-likeness (QED) is 0.469. The number of hydrogen-bond acceptors (Lipinski definition) is 6. The summed E-state index contributed by atoms with van der Waals surface area (Å²) in [5.74, 6) is -1.32. The van der Waals surface area contributed by atoms with Crippen LogP contribution in [0.3, 0.4) is 0 Å². The van der Waals surface area contributed by atoms with Gasteiger partial charge in [-0.05, 0) is 49.2 Å². The first-order chi connectivity index (χ1) is 14.3. The SMILES string of the molecule is Nc1ccc(Br)cc1C(=O)OCC(=O)Nc1cccc(S(=O)(=O)N2CCCCC2)c1. The minimum atomic E-state index is -3.61. The molecule has 3 N–H and O–H groups in total. The van der Waals surface area contributed by atoms with Crippen molar-refractivity contribution in [1.29, 1.82) is 0 Å². The Hall–Kier alpha value is -2.43. The van der Waals surface area contributed by atoms with Crippen molar-refractivity contribution < 1.29 is 22.7 Å². The number of nitrogens with one attached hydrogen (secondary N) is 1. The predicted octanol–water partition coefficient (Wildman–Crippen LogP) is 3.00. The maximum Gasteiger partial charge on any atom is 0.340 e. The summed E-state index contributed by atoms with van der Waals surface area (Å²) < 4.78 is 32.7. The highest BCUT2D eigenvalue weighted by atomic mass is 79.9. The molecule has 1 aliphatic rings. The van der Waals surface area contributed by atoms with E-state index in [1.807, 2.05) is 0 Å². The van der Waals surface area contributed by atoms with Crippen LogP contribution in [0.25, 0.3) is 0 Å². The summed E-state index contributed by atoms with van der Waals surface area (Å²) in [4.78, 5) is 24.4. The highest BCUT2D eigenvalue weighted by Gasteiger charge is 2.26. The zero-order valence-electron chi connectivity index (χ0n) is 16.1. The molecule has 0 saturated carbocycles. The van der Waals surface area contributed by atoms with Crippen LogP contribution in [-0.2, 0) is 19.6 Å². The normalized spacial score (nSPS) is 14.8. The van der Waals surface area contributed by atoms with E-state index in [-0.39, 0.29) is 16.1 Å². The molecule has 2 aromatic carbocycles. The lowest BCUT2D eigenvalue weighted by Gasteiger charge is -2.26. The predicted molar refractivity (Wildman–Crippen MR) is 117 cm³/mol. The van der Waals surface area contributed by atoms with Gasteiger partial charge in [-0.3, -0.25) is 4.79 Å². The minimum Gasteiger partial charge on any atom is -0.452 e. The molecule has 0 spiro atoms. The van der Waals surface area contributed by atoms with Crippen LogP contribution in [0, 0.1) is 0 Å². The maximum atomic E-state index is 12.8. The molecule has 10 heteroatoms. The Balaban J connectivity index is 1.62. The van der Waals surface area contributed by atoms with Gasteiger partial charge in [0.15, 0.2) is 6.61 Å². The van der Waals surface area contributed by atoms with E-state index in [9.17, 15) is 18.0 Å². The zero-order chi connectivity index (χ0) is 21.7. The number of sulfonamides is 1. The van der Waals surface area contributed by atoms with Crippen LogP contribution in [0.15, 0.2) is 51.8 Å². The highest BCUT2D eigenvalue weighted by Crippen LogP contribution is 2.23. The number of halogens is 1. The molecule has 0 unspecified atom stereocenters.